The Morgan fingerprint density at radius 2 is 2.05 bits per heavy atom. The van der Waals surface area contributed by atoms with Crippen LogP contribution in [0.15, 0.2) is 16.1 Å². The molecule has 3 heterocycles. The second-order valence-electron chi connectivity index (χ2n) is 7.94. The average Bonchev–Trinajstić information content (AvgIpc) is 2.96. The SMILES string of the molecule is Cc1cc2oc1/C=C(/C(C)C)CC[C@]1(C)O[C@H]1CC[C@H](C)C2. The zero-order chi connectivity index (χ0) is 15.9. The molecule has 1 aromatic heterocycles. The van der Waals surface area contributed by atoms with E-state index in [1.165, 1.54) is 24.0 Å². The van der Waals surface area contributed by atoms with Crippen molar-refractivity contribution in [2.75, 3.05) is 0 Å². The van der Waals surface area contributed by atoms with E-state index in [4.69, 9.17) is 9.15 Å². The number of hydrogen-bond acceptors (Lipinski definition) is 2. The van der Waals surface area contributed by atoms with Gasteiger partial charge in [0.25, 0.3) is 0 Å². The summed E-state index contributed by atoms with van der Waals surface area (Å²) in [6.07, 6.45) is 8.43. The van der Waals surface area contributed by atoms with Crippen molar-refractivity contribution in [2.24, 2.45) is 11.8 Å². The minimum absolute atomic E-state index is 0.115. The Balaban J connectivity index is 1.89. The lowest BCUT2D eigenvalue weighted by molar-refractivity contribution is 0.288. The summed E-state index contributed by atoms with van der Waals surface area (Å²) in [6, 6.07) is 2.23. The summed E-state index contributed by atoms with van der Waals surface area (Å²) in [5.41, 5.74) is 2.86. The van der Waals surface area contributed by atoms with E-state index in [-0.39, 0.29) is 5.60 Å². The smallest absolute Gasteiger partial charge is 0.129 e. The molecule has 2 aliphatic rings. The lowest BCUT2D eigenvalue weighted by atomic mass is 9.89. The first kappa shape index (κ1) is 15.9. The van der Waals surface area contributed by atoms with Crippen LogP contribution < -0.4 is 0 Å². The summed E-state index contributed by atoms with van der Waals surface area (Å²) in [5, 5.41) is 0. The van der Waals surface area contributed by atoms with Crippen molar-refractivity contribution in [3.8, 4) is 0 Å². The minimum atomic E-state index is 0.115. The number of hydrogen-bond donors (Lipinski definition) is 0. The van der Waals surface area contributed by atoms with Gasteiger partial charge in [0.15, 0.2) is 0 Å². The standard InChI is InChI=1S/C20H30O2/c1-13(2)16-8-9-20(5)19(22-20)7-6-14(3)10-17-11-15(4)18(12-16)21-17/h11-14,19H,6-10H2,1-5H3/b16-12+/t14-,19-,20-/m0/s1. The topological polar surface area (TPSA) is 25.7 Å². The number of aryl methyl sites for hydroxylation is 1. The second kappa shape index (κ2) is 5.88. The van der Waals surface area contributed by atoms with Crippen LogP contribution in [0.3, 0.4) is 0 Å². The lowest BCUT2D eigenvalue weighted by Gasteiger charge is -2.13. The van der Waals surface area contributed by atoms with Gasteiger partial charge in [-0.1, -0.05) is 26.3 Å². The van der Waals surface area contributed by atoms with E-state index < -0.39 is 0 Å². The zero-order valence-electron chi connectivity index (χ0n) is 14.7. The van der Waals surface area contributed by atoms with Crippen molar-refractivity contribution >= 4 is 6.08 Å². The molecular weight excluding hydrogens is 272 g/mol. The summed E-state index contributed by atoms with van der Waals surface area (Å²) in [7, 11) is 0. The molecule has 3 rings (SSSR count). The molecule has 2 bridgehead atoms. The van der Waals surface area contributed by atoms with Crippen LogP contribution in [0.2, 0.25) is 0 Å². The van der Waals surface area contributed by atoms with Crippen LogP contribution in [0.1, 0.15) is 70.5 Å². The highest BCUT2D eigenvalue weighted by atomic mass is 16.6. The van der Waals surface area contributed by atoms with Gasteiger partial charge in [0.05, 0.1) is 11.7 Å². The fraction of sp³-hybridized carbons (Fsp3) is 0.700. The van der Waals surface area contributed by atoms with Crippen molar-refractivity contribution in [1.82, 2.24) is 0 Å². The van der Waals surface area contributed by atoms with Crippen LogP contribution in [0, 0.1) is 18.8 Å². The summed E-state index contributed by atoms with van der Waals surface area (Å²) in [6.45, 7) is 11.3. The highest BCUT2D eigenvalue weighted by molar-refractivity contribution is 5.52. The molecule has 0 amide bonds. The fourth-order valence-corrected chi connectivity index (χ4v) is 3.65. The van der Waals surface area contributed by atoms with Crippen LogP contribution in [-0.4, -0.2) is 11.7 Å². The molecule has 2 nitrogen and oxygen atoms in total. The molecule has 2 heteroatoms. The van der Waals surface area contributed by atoms with Gasteiger partial charge in [-0.15, -0.1) is 0 Å². The van der Waals surface area contributed by atoms with E-state index in [1.54, 1.807) is 0 Å². The van der Waals surface area contributed by atoms with Crippen molar-refractivity contribution < 1.29 is 9.15 Å². The van der Waals surface area contributed by atoms with Gasteiger partial charge >= 0.3 is 0 Å². The van der Waals surface area contributed by atoms with Gasteiger partial charge in [-0.05, 0) is 69.1 Å². The van der Waals surface area contributed by atoms with E-state index in [2.05, 4.69) is 46.8 Å². The predicted octanol–water partition coefficient (Wildman–Crippen LogP) is 5.54. The first-order chi connectivity index (χ1) is 10.4. The van der Waals surface area contributed by atoms with Gasteiger partial charge in [-0.25, -0.2) is 0 Å². The van der Waals surface area contributed by atoms with E-state index in [0.29, 0.717) is 17.9 Å². The van der Waals surface area contributed by atoms with E-state index in [0.717, 1.165) is 30.8 Å². The number of fused-ring (bicyclic) bond motifs is 3. The zero-order valence-corrected chi connectivity index (χ0v) is 14.7. The molecule has 22 heavy (non-hydrogen) atoms. The Morgan fingerprint density at radius 1 is 1.27 bits per heavy atom. The Hall–Kier alpha value is -1.02. The lowest BCUT2D eigenvalue weighted by Crippen LogP contribution is -2.12. The quantitative estimate of drug-likeness (QED) is 0.637. The first-order valence-corrected chi connectivity index (χ1v) is 8.85. The monoisotopic (exact) mass is 302 g/mol. The number of epoxide rings is 1. The summed E-state index contributed by atoms with van der Waals surface area (Å²) in [4.78, 5) is 0. The molecule has 0 unspecified atom stereocenters. The van der Waals surface area contributed by atoms with Crippen LogP contribution in [0.5, 0.6) is 0 Å². The normalized spacial score (nSPS) is 34.9. The van der Waals surface area contributed by atoms with E-state index >= 15 is 0 Å². The van der Waals surface area contributed by atoms with Crippen LogP contribution in [0.25, 0.3) is 6.08 Å². The number of rotatable bonds is 1. The molecule has 0 saturated carbocycles. The van der Waals surface area contributed by atoms with Crippen LogP contribution in [0.4, 0.5) is 0 Å². The summed E-state index contributed by atoms with van der Waals surface area (Å²) in [5.74, 6) is 3.40. The Morgan fingerprint density at radius 3 is 2.77 bits per heavy atom. The highest BCUT2D eigenvalue weighted by Gasteiger charge is 2.50. The Bertz CT molecular complexity index is 566. The number of furan rings is 1. The third-order valence-electron chi connectivity index (χ3n) is 5.48. The van der Waals surface area contributed by atoms with E-state index in [9.17, 15) is 0 Å². The Labute approximate surface area is 134 Å². The molecule has 1 fully saturated rings. The summed E-state index contributed by atoms with van der Waals surface area (Å²) < 4.78 is 12.2. The van der Waals surface area contributed by atoms with Gasteiger partial charge < -0.3 is 9.15 Å². The largest absolute Gasteiger partial charge is 0.461 e. The second-order valence-corrected chi connectivity index (χ2v) is 7.94. The number of allylic oxidation sites excluding steroid dienone is 1. The van der Waals surface area contributed by atoms with Gasteiger partial charge in [-0.3, -0.25) is 0 Å². The van der Waals surface area contributed by atoms with Crippen molar-refractivity contribution in [3.63, 3.8) is 0 Å². The molecule has 1 aromatic rings. The molecule has 0 aromatic carbocycles. The molecule has 122 valence electrons. The number of ether oxygens (including phenoxy) is 1. The molecule has 1 saturated heterocycles. The van der Waals surface area contributed by atoms with Gasteiger partial charge in [-0.2, -0.15) is 0 Å². The maximum absolute atomic E-state index is 6.13. The third-order valence-corrected chi connectivity index (χ3v) is 5.48. The van der Waals surface area contributed by atoms with Gasteiger partial charge in [0.2, 0.25) is 0 Å². The molecule has 0 radical (unpaired) electrons. The third kappa shape index (κ3) is 3.32. The first-order valence-electron chi connectivity index (χ1n) is 8.85. The van der Waals surface area contributed by atoms with Crippen molar-refractivity contribution in [3.05, 3.63) is 28.7 Å². The molecular formula is C20H30O2. The molecule has 2 aliphatic heterocycles. The van der Waals surface area contributed by atoms with Crippen LogP contribution >= 0.6 is 0 Å². The molecule has 0 aliphatic carbocycles. The fourth-order valence-electron chi connectivity index (χ4n) is 3.65. The van der Waals surface area contributed by atoms with Crippen LogP contribution in [-0.2, 0) is 11.2 Å². The maximum Gasteiger partial charge on any atom is 0.129 e. The van der Waals surface area contributed by atoms with E-state index in [1.807, 2.05) is 0 Å². The van der Waals surface area contributed by atoms with Crippen molar-refractivity contribution in [2.45, 2.75) is 78.4 Å². The Kier molecular flexibility index (Phi) is 4.24. The summed E-state index contributed by atoms with van der Waals surface area (Å²) >= 11 is 0. The van der Waals surface area contributed by atoms with Gasteiger partial charge in [0, 0.05) is 6.42 Å². The van der Waals surface area contributed by atoms with Gasteiger partial charge in [0.1, 0.15) is 11.5 Å². The average molecular weight is 302 g/mol. The van der Waals surface area contributed by atoms with Crippen molar-refractivity contribution in [1.29, 1.82) is 0 Å². The minimum Gasteiger partial charge on any atom is -0.461 e. The highest BCUT2D eigenvalue weighted by Crippen LogP contribution is 2.45. The molecule has 0 spiro atoms. The molecule has 0 N–H and O–H groups in total. The predicted molar refractivity (Wildman–Crippen MR) is 90.9 cm³/mol. The maximum atomic E-state index is 6.13. The molecule has 3 atom stereocenters.